The Morgan fingerprint density at radius 1 is 1.13 bits per heavy atom. The van der Waals surface area contributed by atoms with Gasteiger partial charge in [-0.15, -0.1) is 0 Å². The Kier molecular flexibility index (Phi) is 5.72. The first-order valence-electron chi connectivity index (χ1n) is 9.16. The average Bonchev–Trinajstić information content (AvgIpc) is 3.08. The molecule has 5 heteroatoms. The molecule has 1 aromatic heterocycles. The highest BCUT2D eigenvalue weighted by Gasteiger charge is 2.31. The van der Waals surface area contributed by atoms with Crippen LogP contribution in [-0.4, -0.2) is 71.1 Å². The van der Waals surface area contributed by atoms with E-state index < -0.39 is 0 Å². The van der Waals surface area contributed by atoms with Gasteiger partial charge >= 0.3 is 0 Å². The van der Waals surface area contributed by atoms with Gasteiger partial charge in [0.25, 0.3) is 0 Å². The monoisotopic (exact) mass is 320 g/mol. The topological polar surface area (TPSA) is 33.5 Å². The summed E-state index contributed by atoms with van der Waals surface area (Å²) in [5.74, 6) is 0.863. The van der Waals surface area contributed by atoms with Crippen LogP contribution in [0.25, 0.3) is 0 Å². The number of hydrogen-bond donors (Lipinski definition) is 0. The van der Waals surface area contributed by atoms with E-state index in [0.29, 0.717) is 0 Å². The van der Waals surface area contributed by atoms with Gasteiger partial charge in [-0.25, -0.2) is 0 Å². The van der Waals surface area contributed by atoms with E-state index in [1.54, 1.807) is 0 Å². The molecule has 0 spiro atoms. The highest BCUT2D eigenvalue weighted by Crippen LogP contribution is 2.24. The summed E-state index contributed by atoms with van der Waals surface area (Å²) in [5, 5.41) is 4.31. The van der Waals surface area contributed by atoms with Gasteiger partial charge in [0.2, 0.25) is 0 Å². The molecular formula is C18H32N4O. The Hall–Kier alpha value is -0.910. The fourth-order valence-electron chi connectivity index (χ4n) is 4.00. The number of aromatic nitrogens is 2. The van der Waals surface area contributed by atoms with Gasteiger partial charge in [0, 0.05) is 44.1 Å². The summed E-state index contributed by atoms with van der Waals surface area (Å²) in [5.41, 5.74) is 0.256. The molecule has 5 nitrogen and oxygen atoms in total. The largest absolute Gasteiger partial charge is 0.379 e. The number of nitrogens with zero attached hydrogens (tertiary/aromatic N) is 4. The second-order valence-electron chi connectivity index (χ2n) is 7.69. The first-order chi connectivity index (χ1) is 11.1. The summed E-state index contributed by atoms with van der Waals surface area (Å²) in [6, 6.07) is 2.01. The molecule has 2 aliphatic heterocycles. The van der Waals surface area contributed by atoms with E-state index in [4.69, 9.17) is 4.74 Å². The van der Waals surface area contributed by atoms with Gasteiger partial charge in [-0.1, -0.05) is 0 Å². The van der Waals surface area contributed by atoms with E-state index in [9.17, 15) is 0 Å². The van der Waals surface area contributed by atoms with E-state index in [-0.39, 0.29) is 5.54 Å². The second-order valence-corrected chi connectivity index (χ2v) is 7.69. The van der Waals surface area contributed by atoms with Crippen molar-refractivity contribution in [1.29, 1.82) is 0 Å². The zero-order valence-electron chi connectivity index (χ0n) is 14.8. The van der Waals surface area contributed by atoms with Crippen molar-refractivity contribution in [2.45, 2.75) is 45.2 Å². The molecule has 0 unspecified atom stereocenters. The normalized spacial score (nSPS) is 22.5. The maximum Gasteiger partial charge on any atom is 0.0594 e. The van der Waals surface area contributed by atoms with Crippen molar-refractivity contribution in [1.82, 2.24) is 19.6 Å². The Bertz CT molecular complexity index is 446. The number of aryl methyl sites for hydroxylation is 1. The molecule has 1 aromatic rings. The minimum atomic E-state index is 0.256. The third-order valence-corrected chi connectivity index (χ3v) is 5.51. The molecule has 2 saturated heterocycles. The van der Waals surface area contributed by atoms with Crippen LogP contribution >= 0.6 is 0 Å². The van der Waals surface area contributed by atoms with E-state index in [1.807, 2.05) is 12.3 Å². The first kappa shape index (κ1) is 16.9. The Morgan fingerprint density at radius 3 is 2.52 bits per heavy atom. The van der Waals surface area contributed by atoms with Gasteiger partial charge in [0.15, 0.2) is 0 Å². The second kappa shape index (κ2) is 7.77. The predicted octanol–water partition coefficient (Wildman–Crippen LogP) is 2.10. The van der Waals surface area contributed by atoms with Crippen LogP contribution in [0.3, 0.4) is 0 Å². The van der Waals surface area contributed by atoms with Crippen molar-refractivity contribution < 1.29 is 4.74 Å². The molecule has 2 fully saturated rings. The van der Waals surface area contributed by atoms with Crippen molar-refractivity contribution in [2.24, 2.45) is 5.92 Å². The minimum absolute atomic E-state index is 0.256. The van der Waals surface area contributed by atoms with Gasteiger partial charge in [-0.2, -0.15) is 5.10 Å². The molecule has 0 aliphatic carbocycles. The number of piperidine rings is 1. The van der Waals surface area contributed by atoms with Gasteiger partial charge in [0.05, 0.1) is 13.2 Å². The summed E-state index contributed by atoms with van der Waals surface area (Å²) in [6.45, 7) is 13.5. The average molecular weight is 320 g/mol. The highest BCUT2D eigenvalue weighted by atomic mass is 16.5. The summed E-state index contributed by atoms with van der Waals surface area (Å²) in [6.07, 6.45) is 7.87. The quantitative estimate of drug-likeness (QED) is 0.804. The smallest absolute Gasteiger partial charge is 0.0594 e. The lowest BCUT2D eigenvalue weighted by molar-refractivity contribution is -0.0249. The number of ether oxygens (including phenoxy) is 1. The number of likely N-dealkylation sites (tertiary alicyclic amines) is 1. The summed E-state index contributed by atoms with van der Waals surface area (Å²) in [7, 11) is 0. The van der Waals surface area contributed by atoms with Crippen LogP contribution in [0.2, 0.25) is 0 Å². The molecule has 3 rings (SSSR count). The van der Waals surface area contributed by atoms with Crippen LogP contribution in [-0.2, 0) is 11.3 Å². The van der Waals surface area contributed by atoms with Crippen LogP contribution < -0.4 is 0 Å². The van der Waals surface area contributed by atoms with Crippen molar-refractivity contribution in [3.8, 4) is 0 Å². The summed E-state index contributed by atoms with van der Waals surface area (Å²) in [4.78, 5) is 5.26. The molecule has 0 aromatic carbocycles. The SMILES string of the molecule is CC(C)(CN1CCC(CCn2cccn2)CC1)N1CCOCC1. The molecule has 3 heterocycles. The zero-order chi connectivity index (χ0) is 16.1. The predicted molar refractivity (Wildman–Crippen MR) is 92.5 cm³/mol. The molecule has 130 valence electrons. The van der Waals surface area contributed by atoms with Gasteiger partial charge in [-0.05, 0) is 58.2 Å². The third kappa shape index (κ3) is 4.78. The van der Waals surface area contributed by atoms with E-state index in [0.717, 1.165) is 38.8 Å². The molecular weight excluding hydrogens is 288 g/mol. The van der Waals surface area contributed by atoms with Gasteiger partial charge in [-0.3, -0.25) is 9.58 Å². The number of rotatable bonds is 6. The van der Waals surface area contributed by atoms with Crippen LogP contribution in [0.1, 0.15) is 33.1 Å². The summed E-state index contributed by atoms with van der Waals surface area (Å²) >= 11 is 0. The first-order valence-corrected chi connectivity index (χ1v) is 9.16. The van der Waals surface area contributed by atoms with Crippen molar-refractivity contribution in [3.63, 3.8) is 0 Å². The fourth-order valence-corrected chi connectivity index (χ4v) is 4.00. The lowest BCUT2D eigenvalue weighted by atomic mass is 9.92. The number of hydrogen-bond acceptors (Lipinski definition) is 4. The fraction of sp³-hybridized carbons (Fsp3) is 0.833. The zero-order valence-corrected chi connectivity index (χ0v) is 14.8. The highest BCUT2D eigenvalue weighted by molar-refractivity contribution is 4.88. The molecule has 0 saturated carbocycles. The van der Waals surface area contributed by atoms with E-state index >= 15 is 0 Å². The van der Waals surface area contributed by atoms with E-state index in [2.05, 4.69) is 39.6 Å². The molecule has 23 heavy (non-hydrogen) atoms. The maximum atomic E-state index is 5.49. The van der Waals surface area contributed by atoms with Crippen LogP contribution in [0, 0.1) is 5.92 Å². The molecule has 0 atom stereocenters. The van der Waals surface area contributed by atoms with Crippen LogP contribution in [0.4, 0.5) is 0 Å². The maximum absolute atomic E-state index is 5.49. The summed E-state index contributed by atoms with van der Waals surface area (Å²) < 4.78 is 7.56. The lowest BCUT2D eigenvalue weighted by Gasteiger charge is -2.45. The van der Waals surface area contributed by atoms with Gasteiger partial charge < -0.3 is 9.64 Å². The molecule has 2 aliphatic rings. The minimum Gasteiger partial charge on any atom is -0.379 e. The Morgan fingerprint density at radius 2 is 1.87 bits per heavy atom. The molecule has 0 amide bonds. The molecule has 0 N–H and O–H groups in total. The van der Waals surface area contributed by atoms with Crippen molar-refractivity contribution in [3.05, 3.63) is 18.5 Å². The van der Waals surface area contributed by atoms with E-state index in [1.165, 1.54) is 38.9 Å². The molecule has 0 radical (unpaired) electrons. The van der Waals surface area contributed by atoms with Crippen molar-refractivity contribution >= 4 is 0 Å². The Labute approximate surface area is 140 Å². The number of morpholine rings is 1. The Balaban J connectivity index is 1.39. The van der Waals surface area contributed by atoms with Crippen LogP contribution in [0.5, 0.6) is 0 Å². The standard InChI is InChI=1S/C18H32N4O/c1-18(2,21-12-14-23-15-13-21)16-20-9-4-17(5-10-20)6-11-22-8-3-7-19-22/h3,7-8,17H,4-6,9-16H2,1-2H3. The lowest BCUT2D eigenvalue weighted by Crippen LogP contribution is -2.56. The van der Waals surface area contributed by atoms with Gasteiger partial charge in [0.1, 0.15) is 0 Å². The molecule has 0 bridgehead atoms. The van der Waals surface area contributed by atoms with Crippen molar-refractivity contribution in [2.75, 3.05) is 45.9 Å². The van der Waals surface area contributed by atoms with Crippen LogP contribution in [0.15, 0.2) is 18.5 Å². The third-order valence-electron chi connectivity index (χ3n) is 5.51.